The molecule has 5 heteroatoms. The molecule has 100 valence electrons. The first kappa shape index (κ1) is 14.6. The van der Waals surface area contributed by atoms with E-state index in [9.17, 15) is 9.50 Å². The van der Waals surface area contributed by atoms with E-state index in [2.05, 4.69) is 0 Å². The van der Waals surface area contributed by atoms with Crippen molar-refractivity contribution in [2.75, 3.05) is 0 Å². The number of hydrogen-bond acceptors (Lipinski definition) is 1. The molecule has 0 heterocycles. The minimum absolute atomic E-state index is 0.190. The molecule has 1 atom stereocenters. The summed E-state index contributed by atoms with van der Waals surface area (Å²) in [4.78, 5) is 0. The third-order valence-electron chi connectivity index (χ3n) is 2.75. The van der Waals surface area contributed by atoms with Crippen LogP contribution in [0.5, 0.6) is 0 Å². The van der Waals surface area contributed by atoms with Gasteiger partial charge < -0.3 is 5.11 Å². The Kier molecular flexibility index (Phi) is 4.69. The lowest BCUT2D eigenvalue weighted by Gasteiger charge is -2.13. The standard InChI is InChI=1S/C14H10Cl3FO/c15-9-2-1-8(12(17)6-9)5-14(19)11-4-3-10(16)7-13(11)18/h1-4,6-7,14,19H,5H2. The Hall–Kier alpha value is -0.800. The molecule has 2 aromatic rings. The van der Waals surface area contributed by atoms with Gasteiger partial charge in [0.2, 0.25) is 0 Å². The molecule has 19 heavy (non-hydrogen) atoms. The van der Waals surface area contributed by atoms with Crippen molar-refractivity contribution in [2.45, 2.75) is 12.5 Å². The predicted octanol–water partition coefficient (Wildman–Crippen LogP) is 5.06. The molecule has 0 aliphatic rings. The zero-order valence-electron chi connectivity index (χ0n) is 9.71. The molecule has 1 N–H and O–H groups in total. The molecule has 2 rings (SSSR count). The van der Waals surface area contributed by atoms with Gasteiger partial charge in [0.05, 0.1) is 6.10 Å². The number of aliphatic hydroxyl groups is 1. The van der Waals surface area contributed by atoms with E-state index in [1.54, 1.807) is 18.2 Å². The highest BCUT2D eigenvalue weighted by molar-refractivity contribution is 6.35. The number of halogens is 4. The van der Waals surface area contributed by atoms with E-state index in [1.807, 2.05) is 0 Å². The molecule has 1 unspecified atom stereocenters. The van der Waals surface area contributed by atoms with Crippen LogP contribution in [0.4, 0.5) is 4.39 Å². The summed E-state index contributed by atoms with van der Waals surface area (Å²) in [5, 5.41) is 11.3. The van der Waals surface area contributed by atoms with E-state index in [-0.39, 0.29) is 17.0 Å². The van der Waals surface area contributed by atoms with Crippen molar-refractivity contribution in [3.63, 3.8) is 0 Å². The van der Waals surface area contributed by atoms with Gasteiger partial charge in [0.25, 0.3) is 0 Å². The minimum Gasteiger partial charge on any atom is -0.388 e. The van der Waals surface area contributed by atoms with Crippen molar-refractivity contribution in [3.05, 3.63) is 68.4 Å². The summed E-state index contributed by atoms with van der Waals surface area (Å²) < 4.78 is 13.7. The quantitative estimate of drug-likeness (QED) is 0.838. The molecule has 0 aliphatic heterocycles. The first-order valence-corrected chi connectivity index (χ1v) is 6.67. The molecule has 1 nitrogen and oxygen atoms in total. The second-order valence-electron chi connectivity index (χ2n) is 4.12. The summed E-state index contributed by atoms with van der Waals surface area (Å²) in [6.45, 7) is 0. The third-order valence-corrected chi connectivity index (χ3v) is 3.57. The number of rotatable bonds is 3. The van der Waals surface area contributed by atoms with Crippen molar-refractivity contribution in [1.29, 1.82) is 0 Å². The first-order valence-electron chi connectivity index (χ1n) is 5.54. The van der Waals surface area contributed by atoms with E-state index < -0.39 is 11.9 Å². The van der Waals surface area contributed by atoms with Crippen LogP contribution >= 0.6 is 34.8 Å². The van der Waals surface area contributed by atoms with Crippen LogP contribution in [0, 0.1) is 5.82 Å². The van der Waals surface area contributed by atoms with Crippen LogP contribution in [0.15, 0.2) is 36.4 Å². The van der Waals surface area contributed by atoms with Crippen LogP contribution in [0.2, 0.25) is 15.1 Å². The SMILES string of the molecule is OC(Cc1ccc(Cl)cc1Cl)c1ccc(Cl)cc1F. The normalized spacial score (nSPS) is 12.5. The fourth-order valence-electron chi connectivity index (χ4n) is 1.78. The van der Waals surface area contributed by atoms with Gasteiger partial charge in [-0.25, -0.2) is 4.39 Å². The van der Waals surface area contributed by atoms with Crippen LogP contribution in [0.25, 0.3) is 0 Å². The molecule has 0 saturated heterocycles. The van der Waals surface area contributed by atoms with Gasteiger partial charge in [-0.3, -0.25) is 0 Å². The van der Waals surface area contributed by atoms with Gasteiger partial charge >= 0.3 is 0 Å². The first-order chi connectivity index (χ1) is 8.97. The largest absolute Gasteiger partial charge is 0.388 e. The fraction of sp³-hybridized carbons (Fsp3) is 0.143. The molecule has 0 radical (unpaired) electrons. The molecular weight excluding hydrogens is 310 g/mol. The van der Waals surface area contributed by atoms with Crippen LogP contribution < -0.4 is 0 Å². The molecule has 0 bridgehead atoms. The van der Waals surface area contributed by atoms with Crippen molar-refractivity contribution < 1.29 is 9.50 Å². The van der Waals surface area contributed by atoms with Crippen LogP contribution in [0.3, 0.4) is 0 Å². The molecule has 0 aliphatic carbocycles. The summed E-state index contributed by atoms with van der Waals surface area (Å²) in [6, 6.07) is 9.14. The Labute approximate surface area is 125 Å². The van der Waals surface area contributed by atoms with E-state index in [4.69, 9.17) is 34.8 Å². The maximum Gasteiger partial charge on any atom is 0.130 e. The monoisotopic (exact) mass is 318 g/mol. The van der Waals surface area contributed by atoms with Crippen LogP contribution in [0.1, 0.15) is 17.2 Å². The summed E-state index contributed by atoms with van der Waals surface area (Å²) in [7, 11) is 0. The Morgan fingerprint density at radius 1 is 1.00 bits per heavy atom. The van der Waals surface area contributed by atoms with Crippen molar-refractivity contribution in [3.8, 4) is 0 Å². The van der Waals surface area contributed by atoms with Crippen LogP contribution in [-0.2, 0) is 6.42 Å². The van der Waals surface area contributed by atoms with E-state index >= 15 is 0 Å². The topological polar surface area (TPSA) is 20.2 Å². The molecule has 0 fully saturated rings. The summed E-state index contributed by atoms with van der Waals surface area (Å²) in [6.07, 6.45) is -0.787. The fourth-order valence-corrected chi connectivity index (χ4v) is 2.42. The van der Waals surface area contributed by atoms with Gasteiger partial charge in [-0.15, -0.1) is 0 Å². The molecule has 0 spiro atoms. The maximum absolute atomic E-state index is 13.7. The third kappa shape index (κ3) is 3.61. The number of benzene rings is 2. The highest BCUT2D eigenvalue weighted by Gasteiger charge is 2.15. The average molecular weight is 320 g/mol. The molecule has 0 saturated carbocycles. The van der Waals surface area contributed by atoms with Gasteiger partial charge in [-0.2, -0.15) is 0 Å². The van der Waals surface area contributed by atoms with E-state index in [1.165, 1.54) is 18.2 Å². The Morgan fingerprint density at radius 3 is 2.26 bits per heavy atom. The van der Waals surface area contributed by atoms with E-state index in [0.717, 1.165) is 0 Å². The second kappa shape index (κ2) is 6.10. The molecule has 0 amide bonds. The van der Waals surface area contributed by atoms with Gasteiger partial charge in [-0.1, -0.05) is 46.9 Å². The lowest BCUT2D eigenvalue weighted by atomic mass is 10.0. The summed E-state index contributed by atoms with van der Waals surface area (Å²) in [5.41, 5.74) is 0.892. The number of aliphatic hydroxyl groups excluding tert-OH is 1. The minimum atomic E-state index is -0.990. The molecular formula is C14H10Cl3FO. The molecule has 2 aromatic carbocycles. The van der Waals surface area contributed by atoms with Crippen molar-refractivity contribution in [1.82, 2.24) is 0 Å². The lowest BCUT2D eigenvalue weighted by Crippen LogP contribution is -2.04. The van der Waals surface area contributed by atoms with E-state index in [0.29, 0.717) is 15.6 Å². The van der Waals surface area contributed by atoms with Gasteiger partial charge in [0.1, 0.15) is 5.82 Å². The lowest BCUT2D eigenvalue weighted by molar-refractivity contribution is 0.173. The molecule has 0 aromatic heterocycles. The predicted molar refractivity (Wildman–Crippen MR) is 76.5 cm³/mol. The summed E-state index contributed by atoms with van der Waals surface area (Å²) >= 11 is 17.5. The average Bonchev–Trinajstić information content (AvgIpc) is 2.32. The summed E-state index contributed by atoms with van der Waals surface area (Å²) in [5.74, 6) is -0.537. The van der Waals surface area contributed by atoms with Gasteiger partial charge in [0, 0.05) is 27.1 Å². The van der Waals surface area contributed by atoms with Crippen LogP contribution in [-0.4, -0.2) is 5.11 Å². The van der Waals surface area contributed by atoms with Crippen molar-refractivity contribution in [2.24, 2.45) is 0 Å². The smallest absolute Gasteiger partial charge is 0.130 e. The van der Waals surface area contributed by atoms with Gasteiger partial charge in [0.15, 0.2) is 0 Å². The second-order valence-corrected chi connectivity index (χ2v) is 5.40. The number of hydrogen-bond donors (Lipinski definition) is 1. The van der Waals surface area contributed by atoms with Crippen molar-refractivity contribution >= 4 is 34.8 Å². The zero-order chi connectivity index (χ0) is 14.0. The Balaban J connectivity index is 2.23. The van der Waals surface area contributed by atoms with Gasteiger partial charge in [-0.05, 0) is 29.8 Å². The highest BCUT2D eigenvalue weighted by atomic mass is 35.5. The Morgan fingerprint density at radius 2 is 1.63 bits per heavy atom. The Bertz CT molecular complexity index is 601. The maximum atomic E-state index is 13.7. The highest BCUT2D eigenvalue weighted by Crippen LogP contribution is 2.28. The zero-order valence-corrected chi connectivity index (χ0v) is 12.0.